The topological polar surface area (TPSA) is 96.4 Å². The highest BCUT2D eigenvalue weighted by Gasteiger charge is 2.38. The number of esters is 2. The Bertz CT molecular complexity index is 774. The first-order valence-electron chi connectivity index (χ1n) is 20.8. The zero-order chi connectivity index (χ0) is 35.8. The molecule has 1 heterocycles. The molecule has 1 aliphatic heterocycles. The van der Waals surface area contributed by atoms with Crippen LogP contribution in [-0.4, -0.2) is 85.3 Å². The van der Waals surface area contributed by atoms with Gasteiger partial charge < -0.3 is 24.4 Å². The van der Waals surface area contributed by atoms with Gasteiger partial charge in [0.2, 0.25) is 5.91 Å². The minimum Gasteiger partial charge on any atom is -0.465 e. The summed E-state index contributed by atoms with van der Waals surface area (Å²) in [5.74, 6) is -0.223. The molecule has 8 heteroatoms. The highest BCUT2D eigenvalue weighted by Crippen LogP contribution is 2.33. The van der Waals surface area contributed by atoms with Crippen molar-refractivity contribution in [3.63, 3.8) is 0 Å². The molecule has 1 amide bonds. The molecule has 0 spiro atoms. The Hall–Kier alpha value is -1.67. The molecule has 49 heavy (non-hydrogen) atoms. The SMILES string of the molecule is CCCCCCCCCCCC(=O)OCC1(COC(=O)CCCCCCCCCCC)CCN(C(=O)CCN(CCO)CCCCC)CC1. The Morgan fingerprint density at radius 3 is 1.39 bits per heavy atom. The van der Waals surface area contributed by atoms with Gasteiger partial charge in [-0.2, -0.15) is 0 Å². The first kappa shape index (κ1) is 45.4. The van der Waals surface area contributed by atoms with E-state index >= 15 is 0 Å². The zero-order valence-electron chi connectivity index (χ0n) is 32.4. The molecule has 0 unspecified atom stereocenters. The van der Waals surface area contributed by atoms with Crippen LogP contribution in [0, 0.1) is 5.41 Å². The van der Waals surface area contributed by atoms with Gasteiger partial charge >= 0.3 is 11.9 Å². The van der Waals surface area contributed by atoms with Gasteiger partial charge in [-0.3, -0.25) is 14.4 Å². The number of rotatable bonds is 33. The third-order valence-corrected chi connectivity index (χ3v) is 10.4. The summed E-state index contributed by atoms with van der Waals surface area (Å²) in [5, 5.41) is 9.47. The second kappa shape index (κ2) is 31.1. The van der Waals surface area contributed by atoms with Crippen LogP contribution in [0.15, 0.2) is 0 Å². The largest absolute Gasteiger partial charge is 0.465 e. The van der Waals surface area contributed by atoms with Gasteiger partial charge in [0, 0.05) is 50.9 Å². The van der Waals surface area contributed by atoms with Crippen molar-refractivity contribution in [2.75, 3.05) is 52.5 Å². The summed E-state index contributed by atoms with van der Waals surface area (Å²) >= 11 is 0. The Morgan fingerprint density at radius 2 is 0.959 bits per heavy atom. The van der Waals surface area contributed by atoms with E-state index < -0.39 is 5.41 Å². The third kappa shape index (κ3) is 24.2. The highest BCUT2D eigenvalue weighted by molar-refractivity contribution is 5.76. The van der Waals surface area contributed by atoms with Crippen molar-refractivity contribution in [2.45, 2.75) is 188 Å². The molecule has 0 atom stereocenters. The van der Waals surface area contributed by atoms with E-state index in [2.05, 4.69) is 25.7 Å². The van der Waals surface area contributed by atoms with E-state index in [-0.39, 0.29) is 37.7 Å². The molecule has 0 bridgehead atoms. The number of carbonyl (C=O) groups is 3. The average molecular weight is 695 g/mol. The van der Waals surface area contributed by atoms with Crippen LogP contribution in [0.25, 0.3) is 0 Å². The van der Waals surface area contributed by atoms with Gasteiger partial charge in [-0.05, 0) is 38.6 Å². The van der Waals surface area contributed by atoms with Crippen LogP contribution in [0.1, 0.15) is 188 Å². The maximum Gasteiger partial charge on any atom is 0.305 e. The van der Waals surface area contributed by atoms with E-state index in [0.717, 1.165) is 51.5 Å². The molecule has 0 aromatic rings. The zero-order valence-corrected chi connectivity index (χ0v) is 32.4. The van der Waals surface area contributed by atoms with Crippen molar-refractivity contribution < 1.29 is 29.0 Å². The summed E-state index contributed by atoms with van der Waals surface area (Å²) in [7, 11) is 0. The first-order valence-corrected chi connectivity index (χ1v) is 20.8. The summed E-state index contributed by atoms with van der Waals surface area (Å²) in [6.07, 6.45) is 27.6. The monoisotopic (exact) mass is 695 g/mol. The summed E-state index contributed by atoms with van der Waals surface area (Å²) in [5.41, 5.74) is -0.456. The third-order valence-electron chi connectivity index (χ3n) is 10.4. The number of likely N-dealkylation sites (tertiary alicyclic amines) is 1. The fourth-order valence-electron chi connectivity index (χ4n) is 6.81. The summed E-state index contributed by atoms with van der Waals surface area (Å²) in [6.45, 7) is 10.5. The van der Waals surface area contributed by atoms with Crippen molar-refractivity contribution >= 4 is 17.8 Å². The maximum absolute atomic E-state index is 13.2. The van der Waals surface area contributed by atoms with Crippen LogP contribution in [0.4, 0.5) is 0 Å². The van der Waals surface area contributed by atoms with Crippen molar-refractivity contribution in [2.24, 2.45) is 5.41 Å². The fourth-order valence-corrected chi connectivity index (χ4v) is 6.81. The normalized spacial score (nSPS) is 14.3. The number of aliphatic hydroxyl groups is 1. The lowest BCUT2D eigenvalue weighted by molar-refractivity contribution is -0.158. The lowest BCUT2D eigenvalue weighted by Crippen LogP contribution is -2.48. The van der Waals surface area contributed by atoms with Crippen LogP contribution in [-0.2, 0) is 23.9 Å². The van der Waals surface area contributed by atoms with Gasteiger partial charge in [-0.1, -0.05) is 136 Å². The van der Waals surface area contributed by atoms with Gasteiger partial charge in [-0.25, -0.2) is 0 Å². The molecule has 0 saturated carbocycles. The number of amides is 1. The van der Waals surface area contributed by atoms with E-state index in [9.17, 15) is 19.5 Å². The molecule has 0 aromatic carbocycles. The number of hydrogen-bond donors (Lipinski definition) is 1. The number of ether oxygens (including phenoxy) is 2. The van der Waals surface area contributed by atoms with Crippen molar-refractivity contribution in [3.05, 3.63) is 0 Å². The molecule has 1 saturated heterocycles. The van der Waals surface area contributed by atoms with Crippen LogP contribution in [0.3, 0.4) is 0 Å². The molecule has 8 nitrogen and oxygen atoms in total. The standard InChI is InChI=1S/C41H78N2O6/c1-4-7-10-12-14-16-18-20-22-25-39(46)48-36-41(37-49-40(47)26-23-21-19-17-15-13-11-8-5-2)28-32-43(33-29-41)38(45)27-31-42(34-35-44)30-24-9-6-3/h44H,4-37H2,1-3H3. The molecule has 1 rings (SSSR count). The highest BCUT2D eigenvalue weighted by atomic mass is 16.5. The minimum atomic E-state index is -0.456. The molecule has 0 aliphatic carbocycles. The first-order chi connectivity index (χ1) is 23.9. The summed E-state index contributed by atoms with van der Waals surface area (Å²) in [6, 6.07) is 0. The molecule has 0 radical (unpaired) electrons. The predicted molar refractivity (Wildman–Crippen MR) is 202 cm³/mol. The second-order valence-corrected chi connectivity index (χ2v) is 14.9. The second-order valence-electron chi connectivity index (χ2n) is 14.9. The number of carbonyl (C=O) groups excluding carboxylic acids is 3. The molecule has 0 aromatic heterocycles. The van der Waals surface area contributed by atoms with E-state index in [0.29, 0.717) is 58.3 Å². The van der Waals surface area contributed by atoms with Gasteiger partial charge in [-0.15, -0.1) is 0 Å². The van der Waals surface area contributed by atoms with Gasteiger partial charge in [0.05, 0.1) is 6.61 Å². The Kier molecular flexibility index (Phi) is 28.8. The number of unbranched alkanes of at least 4 members (excludes halogenated alkanes) is 18. The molecule has 1 aliphatic rings. The Morgan fingerprint density at radius 1 is 0.551 bits per heavy atom. The van der Waals surface area contributed by atoms with Crippen LogP contribution in [0.5, 0.6) is 0 Å². The lowest BCUT2D eigenvalue weighted by Gasteiger charge is -2.41. The van der Waals surface area contributed by atoms with E-state index in [4.69, 9.17) is 9.47 Å². The molecule has 1 N–H and O–H groups in total. The van der Waals surface area contributed by atoms with E-state index in [1.165, 1.54) is 89.9 Å². The van der Waals surface area contributed by atoms with Crippen molar-refractivity contribution in [3.8, 4) is 0 Å². The smallest absolute Gasteiger partial charge is 0.305 e. The van der Waals surface area contributed by atoms with E-state index in [1.807, 2.05) is 4.90 Å². The lowest BCUT2D eigenvalue weighted by atomic mass is 9.79. The molecule has 1 fully saturated rings. The van der Waals surface area contributed by atoms with Crippen molar-refractivity contribution in [1.29, 1.82) is 0 Å². The van der Waals surface area contributed by atoms with Crippen LogP contribution >= 0.6 is 0 Å². The summed E-state index contributed by atoms with van der Waals surface area (Å²) < 4.78 is 11.7. The van der Waals surface area contributed by atoms with Gasteiger partial charge in [0.1, 0.15) is 13.2 Å². The predicted octanol–water partition coefficient (Wildman–Crippen LogP) is 9.40. The van der Waals surface area contributed by atoms with Gasteiger partial charge in [0.25, 0.3) is 0 Å². The van der Waals surface area contributed by atoms with Crippen molar-refractivity contribution in [1.82, 2.24) is 9.80 Å². The van der Waals surface area contributed by atoms with Crippen LogP contribution in [0.2, 0.25) is 0 Å². The average Bonchev–Trinajstić information content (AvgIpc) is 3.11. The molecular weight excluding hydrogens is 616 g/mol. The fraction of sp³-hybridized carbons (Fsp3) is 0.927. The number of nitrogens with zero attached hydrogens (tertiary/aromatic N) is 2. The summed E-state index contributed by atoms with van der Waals surface area (Å²) in [4.78, 5) is 42.7. The van der Waals surface area contributed by atoms with Gasteiger partial charge in [0.15, 0.2) is 0 Å². The quantitative estimate of drug-likeness (QED) is 0.0540. The number of aliphatic hydroxyl groups excluding tert-OH is 1. The Labute approximate surface area is 301 Å². The van der Waals surface area contributed by atoms with E-state index in [1.54, 1.807) is 0 Å². The maximum atomic E-state index is 13.2. The van der Waals surface area contributed by atoms with Crippen LogP contribution < -0.4 is 0 Å². The number of hydrogen-bond acceptors (Lipinski definition) is 7. The molecular formula is C41H78N2O6. The number of piperidine rings is 1. The Balaban J connectivity index is 2.55. The minimum absolute atomic E-state index is 0.0994. The molecule has 288 valence electrons.